The zero-order chi connectivity index (χ0) is 15.0. The van der Waals surface area contributed by atoms with Gasteiger partial charge in [-0.1, -0.05) is 30.4 Å². The highest BCUT2D eigenvalue weighted by Gasteiger charge is 2.08. The number of hydrogen-bond acceptors (Lipinski definition) is 3. The molecule has 0 radical (unpaired) electrons. The van der Waals surface area contributed by atoms with Crippen molar-refractivity contribution in [3.05, 3.63) is 47.8 Å². The van der Waals surface area contributed by atoms with Crippen LogP contribution in [0, 0.1) is 5.82 Å². The number of benzene rings is 1. The Kier molecular flexibility index (Phi) is 6.39. The lowest BCUT2D eigenvalue weighted by atomic mass is 10.1. The minimum Gasteiger partial charge on any atom is -0.352 e. The van der Waals surface area contributed by atoms with E-state index in [4.69, 9.17) is 5.84 Å². The van der Waals surface area contributed by atoms with Gasteiger partial charge in [-0.3, -0.25) is 15.0 Å². The zero-order valence-corrected chi connectivity index (χ0v) is 11.1. The van der Waals surface area contributed by atoms with Crippen molar-refractivity contribution in [2.45, 2.75) is 19.3 Å². The average Bonchev–Trinajstić information content (AvgIpc) is 2.45. The summed E-state index contributed by atoms with van der Waals surface area (Å²) in [4.78, 5) is 22.6. The van der Waals surface area contributed by atoms with Gasteiger partial charge in [-0.15, -0.1) is 0 Å². The van der Waals surface area contributed by atoms with E-state index in [-0.39, 0.29) is 31.2 Å². The number of hydrazine groups is 1. The lowest BCUT2D eigenvalue weighted by Crippen LogP contribution is -2.30. The Morgan fingerprint density at radius 2 is 1.90 bits per heavy atom. The lowest BCUT2D eigenvalue weighted by molar-refractivity contribution is -0.121. The highest BCUT2D eigenvalue weighted by molar-refractivity contribution is 5.79. The maximum absolute atomic E-state index is 13.3. The number of nitrogens with two attached hydrogens (primary N) is 1. The molecule has 0 aliphatic carbocycles. The van der Waals surface area contributed by atoms with E-state index in [0.717, 1.165) is 0 Å². The van der Waals surface area contributed by atoms with Crippen molar-refractivity contribution >= 4 is 11.8 Å². The molecule has 20 heavy (non-hydrogen) atoms. The molecule has 0 aliphatic heterocycles. The van der Waals surface area contributed by atoms with Gasteiger partial charge in [0.25, 0.3) is 0 Å². The summed E-state index contributed by atoms with van der Waals surface area (Å²) in [6.07, 6.45) is 0.630. The van der Waals surface area contributed by atoms with E-state index in [1.807, 2.05) is 5.43 Å². The smallest absolute Gasteiger partial charge is 0.234 e. The van der Waals surface area contributed by atoms with Crippen LogP contribution in [0.3, 0.4) is 0 Å². The molecule has 0 saturated heterocycles. The molecule has 5 nitrogen and oxygen atoms in total. The second-order valence-corrected chi connectivity index (χ2v) is 4.36. The monoisotopic (exact) mass is 279 g/mol. The normalized spacial score (nSPS) is 9.90. The summed E-state index contributed by atoms with van der Waals surface area (Å²) in [6.45, 7) is 4.00. The van der Waals surface area contributed by atoms with Crippen molar-refractivity contribution in [3.8, 4) is 0 Å². The van der Waals surface area contributed by atoms with E-state index in [1.165, 1.54) is 6.07 Å². The summed E-state index contributed by atoms with van der Waals surface area (Å²) >= 11 is 0. The fraction of sp³-hybridized carbons (Fsp3) is 0.286. The third-order valence-electron chi connectivity index (χ3n) is 2.71. The van der Waals surface area contributed by atoms with Crippen LogP contribution >= 0.6 is 0 Å². The molecule has 0 heterocycles. The van der Waals surface area contributed by atoms with Gasteiger partial charge in [0, 0.05) is 13.0 Å². The van der Waals surface area contributed by atoms with Gasteiger partial charge < -0.3 is 5.32 Å². The standard InChI is InChI=1S/C14H18FN3O2/c1-10(6-7-13(19)18-16)9-17-14(20)8-11-4-2-3-5-12(11)15/h2-5H,1,6-9,16H2,(H,17,20)(H,18,19). The van der Waals surface area contributed by atoms with Crippen LogP contribution in [-0.4, -0.2) is 18.4 Å². The minimum absolute atomic E-state index is 0.0246. The molecule has 0 unspecified atom stereocenters. The second kappa shape index (κ2) is 8.06. The molecule has 2 amide bonds. The maximum atomic E-state index is 13.3. The first-order valence-corrected chi connectivity index (χ1v) is 6.19. The van der Waals surface area contributed by atoms with E-state index in [0.29, 0.717) is 17.6 Å². The molecule has 0 saturated carbocycles. The lowest BCUT2D eigenvalue weighted by Gasteiger charge is -2.08. The molecule has 0 spiro atoms. The molecule has 4 N–H and O–H groups in total. The van der Waals surface area contributed by atoms with Crippen molar-refractivity contribution in [1.29, 1.82) is 0 Å². The molecule has 1 rings (SSSR count). The molecule has 1 aromatic rings. The van der Waals surface area contributed by atoms with Crippen molar-refractivity contribution in [2.24, 2.45) is 5.84 Å². The van der Waals surface area contributed by atoms with Crippen molar-refractivity contribution in [3.63, 3.8) is 0 Å². The zero-order valence-electron chi connectivity index (χ0n) is 11.1. The predicted molar refractivity (Wildman–Crippen MR) is 73.8 cm³/mol. The fourth-order valence-corrected chi connectivity index (χ4v) is 1.55. The molecular weight excluding hydrogens is 261 g/mol. The van der Waals surface area contributed by atoms with E-state index in [2.05, 4.69) is 11.9 Å². The first kappa shape index (κ1) is 15.8. The van der Waals surface area contributed by atoms with Crippen LogP contribution in [0.5, 0.6) is 0 Å². The Morgan fingerprint density at radius 3 is 2.55 bits per heavy atom. The average molecular weight is 279 g/mol. The fourth-order valence-electron chi connectivity index (χ4n) is 1.55. The number of hydrogen-bond donors (Lipinski definition) is 3. The molecule has 6 heteroatoms. The van der Waals surface area contributed by atoms with Gasteiger partial charge >= 0.3 is 0 Å². The van der Waals surface area contributed by atoms with E-state index >= 15 is 0 Å². The number of carbonyl (C=O) groups excluding carboxylic acids is 2. The number of nitrogens with one attached hydrogen (secondary N) is 2. The van der Waals surface area contributed by atoms with E-state index in [9.17, 15) is 14.0 Å². The van der Waals surface area contributed by atoms with Crippen LogP contribution in [0.1, 0.15) is 18.4 Å². The number of rotatable bonds is 7. The first-order chi connectivity index (χ1) is 9.52. The Bertz CT molecular complexity index is 503. The van der Waals surface area contributed by atoms with E-state index in [1.54, 1.807) is 18.2 Å². The maximum Gasteiger partial charge on any atom is 0.234 e. The largest absolute Gasteiger partial charge is 0.352 e. The van der Waals surface area contributed by atoms with Crippen LogP contribution in [-0.2, 0) is 16.0 Å². The topological polar surface area (TPSA) is 84.2 Å². The Morgan fingerprint density at radius 1 is 1.20 bits per heavy atom. The van der Waals surface area contributed by atoms with Crippen molar-refractivity contribution in [1.82, 2.24) is 10.7 Å². The summed E-state index contributed by atoms with van der Waals surface area (Å²) in [5, 5.41) is 2.63. The van der Waals surface area contributed by atoms with Gasteiger partial charge in [0.2, 0.25) is 11.8 Å². The van der Waals surface area contributed by atoms with Gasteiger partial charge in [0.15, 0.2) is 0 Å². The van der Waals surface area contributed by atoms with Crippen LogP contribution in [0.4, 0.5) is 4.39 Å². The van der Waals surface area contributed by atoms with Gasteiger partial charge in [0.1, 0.15) is 5.82 Å². The van der Waals surface area contributed by atoms with Gasteiger partial charge in [-0.05, 0) is 18.1 Å². The summed E-state index contributed by atoms with van der Waals surface area (Å²) in [6, 6.07) is 6.12. The second-order valence-electron chi connectivity index (χ2n) is 4.36. The van der Waals surface area contributed by atoms with Crippen LogP contribution in [0.15, 0.2) is 36.4 Å². The minimum atomic E-state index is -0.402. The SMILES string of the molecule is C=C(CCC(=O)NN)CNC(=O)Cc1ccccc1F. The Labute approximate surface area is 117 Å². The van der Waals surface area contributed by atoms with Crippen LogP contribution in [0.2, 0.25) is 0 Å². The quantitative estimate of drug-likeness (QED) is 0.299. The molecule has 0 aromatic heterocycles. The van der Waals surface area contributed by atoms with Gasteiger partial charge in [-0.25, -0.2) is 10.2 Å². The van der Waals surface area contributed by atoms with Crippen LogP contribution < -0.4 is 16.6 Å². The third-order valence-corrected chi connectivity index (χ3v) is 2.71. The van der Waals surface area contributed by atoms with Gasteiger partial charge in [-0.2, -0.15) is 0 Å². The van der Waals surface area contributed by atoms with Crippen molar-refractivity contribution < 1.29 is 14.0 Å². The number of amides is 2. The summed E-state index contributed by atoms with van der Waals surface area (Å²) in [7, 11) is 0. The Hall–Kier alpha value is -2.21. The molecular formula is C14H18FN3O2. The predicted octanol–water partition coefficient (Wildman–Crippen LogP) is 0.811. The highest BCUT2D eigenvalue weighted by atomic mass is 19.1. The highest BCUT2D eigenvalue weighted by Crippen LogP contribution is 2.07. The van der Waals surface area contributed by atoms with Gasteiger partial charge in [0.05, 0.1) is 6.42 Å². The molecule has 1 aromatic carbocycles. The van der Waals surface area contributed by atoms with E-state index < -0.39 is 5.82 Å². The molecule has 0 bridgehead atoms. The molecule has 0 fully saturated rings. The van der Waals surface area contributed by atoms with Crippen LogP contribution in [0.25, 0.3) is 0 Å². The molecule has 0 atom stereocenters. The molecule has 108 valence electrons. The summed E-state index contributed by atoms with van der Waals surface area (Å²) in [5.74, 6) is 3.96. The first-order valence-electron chi connectivity index (χ1n) is 6.19. The number of carbonyl (C=O) groups is 2. The summed E-state index contributed by atoms with van der Waals surface area (Å²) < 4.78 is 13.3. The molecule has 0 aliphatic rings. The summed E-state index contributed by atoms with van der Waals surface area (Å²) in [5.41, 5.74) is 3.06. The third kappa shape index (κ3) is 5.62. The number of halogens is 1. The van der Waals surface area contributed by atoms with Crippen molar-refractivity contribution in [2.75, 3.05) is 6.54 Å². The Balaban J connectivity index is 2.31.